The summed E-state index contributed by atoms with van der Waals surface area (Å²) in [5, 5.41) is 24.1. The number of allylic oxidation sites excluding steroid dienone is 2. The van der Waals surface area contributed by atoms with Gasteiger partial charge < -0.3 is 5.32 Å². The molecule has 0 amide bonds. The molecular formula is C18H17N3O3S. The SMILES string of the molecule is CC1(C)CC(=O)C2=C(C1)NC(=S)[C@H](C#N)[C@@H]2c1ccccc1[N+](=O)[O-]. The largest absolute Gasteiger partial charge is 0.352 e. The van der Waals surface area contributed by atoms with Gasteiger partial charge in [0.2, 0.25) is 0 Å². The van der Waals surface area contributed by atoms with E-state index in [1.807, 2.05) is 13.8 Å². The molecule has 1 heterocycles. The summed E-state index contributed by atoms with van der Waals surface area (Å²) in [6.45, 7) is 3.99. The Morgan fingerprint density at radius 3 is 2.68 bits per heavy atom. The Morgan fingerprint density at radius 1 is 1.36 bits per heavy atom. The fourth-order valence-corrected chi connectivity index (χ4v) is 4.05. The first-order valence-corrected chi connectivity index (χ1v) is 8.36. The first kappa shape index (κ1) is 17.2. The molecule has 6 nitrogen and oxygen atoms in total. The molecular weight excluding hydrogens is 338 g/mol. The molecule has 7 heteroatoms. The smallest absolute Gasteiger partial charge is 0.273 e. The third-order valence-corrected chi connectivity index (χ3v) is 5.08. The van der Waals surface area contributed by atoms with E-state index in [0.717, 1.165) is 0 Å². The minimum absolute atomic E-state index is 0.0790. The Labute approximate surface area is 150 Å². The van der Waals surface area contributed by atoms with Gasteiger partial charge in [0.25, 0.3) is 5.69 Å². The Morgan fingerprint density at radius 2 is 2.04 bits per heavy atom. The van der Waals surface area contributed by atoms with Crippen molar-refractivity contribution in [3.05, 3.63) is 51.2 Å². The fraction of sp³-hybridized carbons (Fsp3) is 0.389. The average Bonchev–Trinajstić information content (AvgIpc) is 2.52. The highest BCUT2D eigenvalue weighted by Crippen LogP contribution is 2.47. The molecule has 0 radical (unpaired) electrons. The van der Waals surface area contributed by atoms with E-state index >= 15 is 0 Å². The van der Waals surface area contributed by atoms with Gasteiger partial charge in [0.15, 0.2) is 5.78 Å². The van der Waals surface area contributed by atoms with Crippen LogP contribution < -0.4 is 5.32 Å². The highest BCUT2D eigenvalue weighted by molar-refractivity contribution is 7.80. The van der Waals surface area contributed by atoms with E-state index in [1.54, 1.807) is 18.2 Å². The summed E-state index contributed by atoms with van der Waals surface area (Å²) in [6.07, 6.45) is 0.957. The lowest BCUT2D eigenvalue weighted by atomic mass is 9.67. The van der Waals surface area contributed by atoms with Crippen molar-refractivity contribution in [1.82, 2.24) is 5.32 Å². The Balaban J connectivity index is 2.25. The molecule has 25 heavy (non-hydrogen) atoms. The van der Waals surface area contributed by atoms with Crippen LogP contribution in [0.25, 0.3) is 0 Å². The van der Waals surface area contributed by atoms with Crippen LogP contribution in [-0.2, 0) is 4.79 Å². The molecule has 128 valence electrons. The van der Waals surface area contributed by atoms with Crippen molar-refractivity contribution in [2.75, 3.05) is 0 Å². The number of benzene rings is 1. The van der Waals surface area contributed by atoms with E-state index in [9.17, 15) is 20.2 Å². The predicted molar refractivity (Wildman–Crippen MR) is 95.7 cm³/mol. The van der Waals surface area contributed by atoms with Gasteiger partial charge >= 0.3 is 0 Å². The molecule has 1 aliphatic carbocycles. The monoisotopic (exact) mass is 355 g/mol. The standard InChI is InChI=1S/C18H17N3O3S/c1-18(2)7-12-16(14(22)8-18)15(11(9-19)17(25)20-12)10-5-3-4-6-13(10)21(23)24/h3-6,11,15H,7-8H2,1-2H3,(H,20,25)/t11-,15+/m1/s1. The van der Waals surface area contributed by atoms with Gasteiger partial charge in [-0.15, -0.1) is 0 Å². The molecule has 0 saturated carbocycles. The molecule has 0 saturated heterocycles. The highest BCUT2D eigenvalue weighted by atomic mass is 32.1. The van der Waals surface area contributed by atoms with Crippen LogP contribution in [0, 0.1) is 32.8 Å². The van der Waals surface area contributed by atoms with Gasteiger partial charge in [-0.25, -0.2) is 0 Å². The Kier molecular flexibility index (Phi) is 4.17. The highest BCUT2D eigenvalue weighted by Gasteiger charge is 2.46. The molecule has 1 aromatic rings. The number of thiocarbonyl (C=S) groups is 1. The lowest BCUT2D eigenvalue weighted by Gasteiger charge is -2.40. The second kappa shape index (κ2) is 6.05. The van der Waals surface area contributed by atoms with Gasteiger partial charge in [0, 0.05) is 35.2 Å². The van der Waals surface area contributed by atoms with Crippen molar-refractivity contribution in [3.63, 3.8) is 0 Å². The third kappa shape index (κ3) is 2.94. The van der Waals surface area contributed by atoms with E-state index in [1.165, 1.54) is 6.07 Å². The van der Waals surface area contributed by atoms with Crippen LogP contribution in [0.5, 0.6) is 0 Å². The third-order valence-electron chi connectivity index (χ3n) is 4.73. The maximum atomic E-state index is 12.9. The second-order valence-corrected chi connectivity index (χ2v) is 7.66. The molecule has 0 unspecified atom stereocenters. The van der Waals surface area contributed by atoms with E-state index < -0.39 is 16.8 Å². The number of nitro groups is 1. The normalized spacial score (nSPS) is 25.0. The second-order valence-electron chi connectivity index (χ2n) is 7.22. The molecule has 3 rings (SSSR count). The van der Waals surface area contributed by atoms with E-state index in [4.69, 9.17) is 12.2 Å². The molecule has 1 aromatic carbocycles. The number of nitro benzene ring substituents is 1. The Hall–Kier alpha value is -2.59. The van der Waals surface area contributed by atoms with Crippen molar-refractivity contribution in [3.8, 4) is 6.07 Å². The summed E-state index contributed by atoms with van der Waals surface area (Å²) < 4.78 is 0. The minimum atomic E-state index is -0.806. The zero-order valence-corrected chi connectivity index (χ0v) is 14.7. The number of carbonyl (C=O) groups excluding carboxylic acids is 1. The first-order valence-electron chi connectivity index (χ1n) is 7.95. The van der Waals surface area contributed by atoms with E-state index in [0.29, 0.717) is 34.7 Å². The summed E-state index contributed by atoms with van der Waals surface area (Å²) in [5.41, 5.74) is 1.21. The number of carbonyl (C=O) groups is 1. The number of nitrogens with zero attached hydrogens (tertiary/aromatic N) is 2. The van der Waals surface area contributed by atoms with Gasteiger partial charge in [-0.2, -0.15) is 5.26 Å². The van der Waals surface area contributed by atoms with Crippen LogP contribution in [0.1, 0.15) is 38.2 Å². The molecule has 0 bridgehead atoms. The number of hydrogen-bond acceptors (Lipinski definition) is 5. The number of ketones is 1. The van der Waals surface area contributed by atoms with Crippen molar-refractivity contribution < 1.29 is 9.72 Å². The van der Waals surface area contributed by atoms with Crippen molar-refractivity contribution in [2.24, 2.45) is 11.3 Å². The lowest BCUT2D eigenvalue weighted by Crippen LogP contribution is -2.44. The number of Topliss-reactive ketones (excluding diaryl/α,β-unsaturated/α-hetero) is 1. The van der Waals surface area contributed by atoms with Crippen LogP contribution in [0.3, 0.4) is 0 Å². The molecule has 2 atom stereocenters. The van der Waals surface area contributed by atoms with Crippen molar-refractivity contribution >= 4 is 28.7 Å². The predicted octanol–water partition coefficient (Wildman–Crippen LogP) is 3.39. The van der Waals surface area contributed by atoms with Crippen molar-refractivity contribution in [2.45, 2.75) is 32.6 Å². The van der Waals surface area contributed by atoms with Gasteiger partial charge in [0.1, 0.15) is 5.92 Å². The van der Waals surface area contributed by atoms with Crippen molar-refractivity contribution in [1.29, 1.82) is 5.26 Å². The van der Waals surface area contributed by atoms with Crippen LogP contribution in [-0.4, -0.2) is 15.7 Å². The van der Waals surface area contributed by atoms with Gasteiger partial charge in [-0.05, 0) is 11.8 Å². The summed E-state index contributed by atoms with van der Waals surface area (Å²) in [4.78, 5) is 24.2. The number of hydrogen-bond donors (Lipinski definition) is 1. The summed E-state index contributed by atoms with van der Waals surface area (Å²) >= 11 is 5.35. The average molecular weight is 355 g/mol. The van der Waals surface area contributed by atoms with Crippen LogP contribution in [0.2, 0.25) is 0 Å². The topological polar surface area (TPSA) is 96.0 Å². The minimum Gasteiger partial charge on any atom is -0.352 e. The number of rotatable bonds is 2. The number of nitrogens with one attached hydrogen (secondary N) is 1. The zero-order valence-electron chi connectivity index (χ0n) is 13.9. The zero-order chi connectivity index (χ0) is 18.4. The van der Waals surface area contributed by atoms with Crippen LogP contribution in [0.15, 0.2) is 35.5 Å². The van der Waals surface area contributed by atoms with Crippen LogP contribution >= 0.6 is 12.2 Å². The first-order chi connectivity index (χ1) is 11.7. The summed E-state index contributed by atoms with van der Waals surface area (Å²) in [7, 11) is 0. The lowest BCUT2D eigenvalue weighted by molar-refractivity contribution is -0.385. The molecule has 0 spiro atoms. The Bertz CT molecular complexity index is 867. The molecule has 1 aliphatic heterocycles. The van der Waals surface area contributed by atoms with Crippen LogP contribution in [0.4, 0.5) is 5.69 Å². The summed E-state index contributed by atoms with van der Waals surface area (Å²) in [5.74, 6) is -1.59. The quantitative estimate of drug-likeness (QED) is 0.496. The van der Waals surface area contributed by atoms with Gasteiger partial charge in [-0.1, -0.05) is 44.3 Å². The number of para-hydroxylation sites is 1. The van der Waals surface area contributed by atoms with E-state index in [2.05, 4.69) is 11.4 Å². The summed E-state index contributed by atoms with van der Waals surface area (Å²) in [6, 6.07) is 8.39. The molecule has 2 aliphatic rings. The fourth-order valence-electron chi connectivity index (χ4n) is 3.74. The number of nitriles is 1. The maximum Gasteiger partial charge on any atom is 0.273 e. The van der Waals surface area contributed by atoms with Gasteiger partial charge in [0.05, 0.1) is 16.0 Å². The maximum absolute atomic E-state index is 12.9. The molecule has 1 N–H and O–H groups in total. The molecule has 0 aromatic heterocycles. The molecule has 0 fully saturated rings. The van der Waals surface area contributed by atoms with E-state index in [-0.39, 0.29) is 16.9 Å². The van der Waals surface area contributed by atoms with Gasteiger partial charge in [-0.3, -0.25) is 14.9 Å².